The van der Waals surface area contributed by atoms with Crippen LogP contribution in [0.2, 0.25) is 0 Å². The fourth-order valence-electron chi connectivity index (χ4n) is 2.93. The summed E-state index contributed by atoms with van der Waals surface area (Å²) < 4.78 is 0. The summed E-state index contributed by atoms with van der Waals surface area (Å²) in [6, 6.07) is 4.02. The van der Waals surface area contributed by atoms with Crippen LogP contribution in [0.5, 0.6) is 0 Å². The molecule has 2 heterocycles. The third-order valence-electron chi connectivity index (χ3n) is 3.97. The van der Waals surface area contributed by atoms with Crippen molar-refractivity contribution in [1.82, 2.24) is 0 Å². The van der Waals surface area contributed by atoms with Crippen LogP contribution in [0.1, 0.15) is 49.4 Å². The Morgan fingerprint density at radius 3 is 2.84 bits per heavy atom. The van der Waals surface area contributed by atoms with Gasteiger partial charge in [0.05, 0.1) is 0 Å². The van der Waals surface area contributed by atoms with Gasteiger partial charge in [-0.1, -0.05) is 38.2 Å². The van der Waals surface area contributed by atoms with Crippen molar-refractivity contribution < 1.29 is 4.79 Å². The van der Waals surface area contributed by atoms with Gasteiger partial charge in [-0.25, -0.2) is 0 Å². The van der Waals surface area contributed by atoms with Gasteiger partial charge in [-0.15, -0.1) is 16.5 Å². The molecule has 1 atom stereocenters. The van der Waals surface area contributed by atoms with E-state index in [2.05, 4.69) is 16.3 Å². The van der Waals surface area contributed by atoms with Gasteiger partial charge in [0.2, 0.25) is 0 Å². The second-order valence-electron chi connectivity index (χ2n) is 5.38. The normalized spacial score (nSPS) is 24.5. The largest absolute Gasteiger partial charge is 0.290 e. The van der Waals surface area contributed by atoms with Crippen molar-refractivity contribution in [2.75, 3.05) is 0 Å². The van der Waals surface area contributed by atoms with E-state index in [4.69, 9.17) is 0 Å². The van der Waals surface area contributed by atoms with Crippen molar-refractivity contribution >= 4 is 17.2 Å². The predicted octanol–water partition coefficient (Wildman–Crippen LogP) is 4.68. The van der Waals surface area contributed by atoms with Gasteiger partial charge in [0.15, 0.2) is 0 Å². The number of azo groups is 1. The SMILES string of the molecule is O=C1N=NC(c2cccs2)C=C1CC1CCCCC1. The molecule has 0 saturated heterocycles. The van der Waals surface area contributed by atoms with Crippen molar-refractivity contribution in [3.05, 3.63) is 34.0 Å². The minimum atomic E-state index is -0.127. The zero-order valence-electron chi connectivity index (χ0n) is 10.9. The number of carbonyl (C=O) groups is 1. The summed E-state index contributed by atoms with van der Waals surface area (Å²) in [6.07, 6.45) is 9.39. The van der Waals surface area contributed by atoms with Crippen molar-refractivity contribution in [2.24, 2.45) is 16.1 Å². The minimum absolute atomic E-state index is 0.0451. The number of hydrogen-bond donors (Lipinski definition) is 0. The van der Waals surface area contributed by atoms with E-state index in [1.807, 2.05) is 17.5 Å². The third kappa shape index (κ3) is 3.00. The Morgan fingerprint density at radius 1 is 1.26 bits per heavy atom. The average molecular weight is 274 g/mol. The van der Waals surface area contributed by atoms with Crippen molar-refractivity contribution in [2.45, 2.75) is 44.6 Å². The molecule has 3 nitrogen and oxygen atoms in total. The van der Waals surface area contributed by atoms with Gasteiger partial charge in [-0.3, -0.25) is 4.79 Å². The topological polar surface area (TPSA) is 41.8 Å². The summed E-state index contributed by atoms with van der Waals surface area (Å²) in [5, 5.41) is 9.98. The number of carbonyl (C=O) groups excluding carboxylic acids is 1. The summed E-state index contributed by atoms with van der Waals surface area (Å²) in [5.74, 6) is 0.541. The Morgan fingerprint density at radius 2 is 2.11 bits per heavy atom. The Hall–Kier alpha value is -1.29. The van der Waals surface area contributed by atoms with Crippen molar-refractivity contribution in [3.63, 3.8) is 0 Å². The number of thiophene rings is 1. The second-order valence-corrected chi connectivity index (χ2v) is 6.36. The molecule has 1 unspecified atom stereocenters. The molecule has 1 aliphatic carbocycles. The third-order valence-corrected chi connectivity index (χ3v) is 4.92. The molecule has 0 N–H and O–H groups in total. The van der Waals surface area contributed by atoms with E-state index in [1.54, 1.807) is 11.3 Å². The highest BCUT2D eigenvalue weighted by molar-refractivity contribution is 7.10. The van der Waals surface area contributed by atoms with Crippen LogP contribution in [0.4, 0.5) is 0 Å². The molecular weight excluding hydrogens is 256 g/mol. The Labute approximate surface area is 117 Å². The smallest absolute Gasteiger partial charge is 0.265 e. The molecule has 1 saturated carbocycles. The molecule has 100 valence electrons. The summed E-state index contributed by atoms with van der Waals surface area (Å²) in [7, 11) is 0. The maximum atomic E-state index is 11.9. The molecule has 0 radical (unpaired) electrons. The molecule has 2 aliphatic rings. The summed E-state index contributed by atoms with van der Waals surface area (Å²) in [5.41, 5.74) is 0.875. The molecular formula is C15H18N2OS. The fraction of sp³-hybridized carbons (Fsp3) is 0.533. The number of rotatable bonds is 3. The predicted molar refractivity (Wildman–Crippen MR) is 76.2 cm³/mol. The van der Waals surface area contributed by atoms with Crippen LogP contribution in [-0.2, 0) is 4.79 Å². The van der Waals surface area contributed by atoms with Crippen LogP contribution in [0.3, 0.4) is 0 Å². The Bertz CT molecular complexity index is 498. The summed E-state index contributed by atoms with van der Waals surface area (Å²) in [6.45, 7) is 0. The van der Waals surface area contributed by atoms with E-state index in [0.29, 0.717) is 5.92 Å². The molecule has 0 bridgehead atoms. The van der Waals surface area contributed by atoms with Crippen LogP contribution in [0, 0.1) is 5.92 Å². The first-order chi connectivity index (χ1) is 9.33. The quantitative estimate of drug-likeness (QED) is 0.789. The van der Waals surface area contributed by atoms with E-state index in [1.165, 1.54) is 32.1 Å². The average Bonchev–Trinajstić information content (AvgIpc) is 2.96. The molecule has 0 aromatic carbocycles. The van der Waals surface area contributed by atoms with E-state index in [9.17, 15) is 4.79 Å². The maximum Gasteiger partial charge on any atom is 0.290 e. The molecule has 3 rings (SSSR count). The number of amides is 1. The van der Waals surface area contributed by atoms with Crippen molar-refractivity contribution in [3.8, 4) is 0 Å². The lowest BCUT2D eigenvalue weighted by molar-refractivity contribution is -0.115. The maximum absolute atomic E-state index is 11.9. The van der Waals surface area contributed by atoms with E-state index < -0.39 is 0 Å². The molecule has 0 spiro atoms. The van der Waals surface area contributed by atoms with Crippen molar-refractivity contribution in [1.29, 1.82) is 0 Å². The first-order valence-corrected chi connectivity index (χ1v) is 7.90. The van der Waals surface area contributed by atoms with Crippen LogP contribution < -0.4 is 0 Å². The lowest BCUT2D eigenvalue weighted by Crippen LogP contribution is -2.13. The van der Waals surface area contributed by atoms with Gasteiger partial charge in [-0.05, 0) is 29.9 Å². The first kappa shape index (κ1) is 12.7. The Kier molecular flexibility index (Phi) is 3.87. The highest BCUT2D eigenvalue weighted by Gasteiger charge is 2.23. The molecule has 19 heavy (non-hydrogen) atoms. The minimum Gasteiger partial charge on any atom is -0.265 e. The Balaban J connectivity index is 1.73. The van der Waals surface area contributed by atoms with Gasteiger partial charge < -0.3 is 0 Å². The lowest BCUT2D eigenvalue weighted by Gasteiger charge is -2.23. The van der Waals surface area contributed by atoms with Gasteiger partial charge >= 0.3 is 0 Å². The molecule has 1 fully saturated rings. The zero-order valence-corrected chi connectivity index (χ0v) is 11.7. The van der Waals surface area contributed by atoms with Gasteiger partial charge in [-0.2, -0.15) is 5.11 Å². The molecule has 4 heteroatoms. The number of nitrogens with zero attached hydrogens (tertiary/aromatic N) is 2. The zero-order chi connectivity index (χ0) is 13.1. The van der Waals surface area contributed by atoms with Crippen LogP contribution in [0.15, 0.2) is 39.4 Å². The summed E-state index contributed by atoms with van der Waals surface area (Å²) >= 11 is 1.67. The van der Waals surface area contributed by atoms with Crippen LogP contribution in [0.25, 0.3) is 0 Å². The molecule has 1 aromatic rings. The van der Waals surface area contributed by atoms with E-state index >= 15 is 0 Å². The van der Waals surface area contributed by atoms with Gasteiger partial charge in [0.25, 0.3) is 5.91 Å². The van der Waals surface area contributed by atoms with Crippen LogP contribution in [-0.4, -0.2) is 5.91 Å². The number of hydrogen-bond acceptors (Lipinski definition) is 3. The highest BCUT2D eigenvalue weighted by Crippen LogP contribution is 2.34. The van der Waals surface area contributed by atoms with Gasteiger partial charge in [0, 0.05) is 10.5 Å². The molecule has 1 aliphatic heterocycles. The standard InChI is InChI=1S/C15H18N2OS/c18-15-12(9-11-5-2-1-3-6-11)10-13(16-17-15)14-7-4-8-19-14/h4,7-8,10-11,13H,1-3,5-6,9H2. The molecule has 1 aromatic heterocycles. The lowest BCUT2D eigenvalue weighted by atomic mass is 9.84. The van der Waals surface area contributed by atoms with Gasteiger partial charge in [0.1, 0.15) is 6.04 Å². The van der Waals surface area contributed by atoms with Crippen LogP contribution >= 0.6 is 11.3 Å². The fourth-order valence-corrected chi connectivity index (χ4v) is 3.66. The van der Waals surface area contributed by atoms with E-state index in [-0.39, 0.29) is 11.9 Å². The summed E-state index contributed by atoms with van der Waals surface area (Å²) in [4.78, 5) is 13.0. The monoisotopic (exact) mass is 274 g/mol. The molecule has 1 amide bonds. The highest BCUT2D eigenvalue weighted by atomic mass is 32.1. The second kappa shape index (κ2) is 5.78. The first-order valence-electron chi connectivity index (χ1n) is 7.02. The van der Waals surface area contributed by atoms with E-state index in [0.717, 1.165) is 16.9 Å².